The van der Waals surface area contributed by atoms with Crippen molar-refractivity contribution in [3.63, 3.8) is 0 Å². The van der Waals surface area contributed by atoms with Gasteiger partial charge in [0.25, 0.3) is 10.0 Å². The zero-order chi connectivity index (χ0) is 14.9. The van der Waals surface area contributed by atoms with E-state index in [9.17, 15) is 8.42 Å². The topological polar surface area (TPSA) is 78.1 Å². The maximum atomic E-state index is 12.7. The minimum Gasteiger partial charge on any atom is -0.310 e. The summed E-state index contributed by atoms with van der Waals surface area (Å²) in [6, 6.07) is 0.355. The van der Waals surface area contributed by atoms with Crippen LogP contribution in [0.1, 0.15) is 44.9 Å². The van der Waals surface area contributed by atoms with Gasteiger partial charge in [0.1, 0.15) is 0 Å². The molecule has 1 aromatic rings. The summed E-state index contributed by atoms with van der Waals surface area (Å²) in [4.78, 5) is 0. The maximum Gasteiger partial charge on any atom is 0.262 e. The smallest absolute Gasteiger partial charge is 0.262 e. The van der Waals surface area contributed by atoms with Gasteiger partial charge >= 0.3 is 0 Å². The van der Waals surface area contributed by atoms with E-state index in [0.29, 0.717) is 19.1 Å². The molecule has 0 radical (unpaired) electrons. The van der Waals surface area contributed by atoms with Gasteiger partial charge in [-0.3, -0.25) is 5.10 Å². The molecule has 0 aromatic carbocycles. The molecule has 1 aromatic heterocycles. The van der Waals surface area contributed by atoms with E-state index >= 15 is 0 Å². The molecule has 1 unspecified atom stereocenters. The second-order valence-corrected chi connectivity index (χ2v) is 7.58. The lowest BCUT2D eigenvalue weighted by atomic mass is 10.2. The molecule has 20 heavy (non-hydrogen) atoms. The molecular formula is C13H24N4O2S. The lowest BCUT2D eigenvalue weighted by molar-refractivity contribution is 0.405. The van der Waals surface area contributed by atoms with Gasteiger partial charge in [0.15, 0.2) is 5.03 Å². The van der Waals surface area contributed by atoms with Gasteiger partial charge in [0.05, 0.1) is 0 Å². The monoisotopic (exact) mass is 300 g/mol. The third-order valence-electron chi connectivity index (χ3n) is 3.77. The third kappa shape index (κ3) is 2.89. The van der Waals surface area contributed by atoms with Crippen LogP contribution < -0.4 is 5.32 Å². The highest BCUT2D eigenvalue weighted by Gasteiger charge is 2.36. The van der Waals surface area contributed by atoms with Crippen molar-refractivity contribution < 1.29 is 8.42 Å². The largest absolute Gasteiger partial charge is 0.310 e. The van der Waals surface area contributed by atoms with E-state index in [1.54, 1.807) is 4.31 Å². The van der Waals surface area contributed by atoms with E-state index in [-0.39, 0.29) is 11.1 Å². The van der Waals surface area contributed by atoms with Crippen molar-refractivity contribution in [1.82, 2.24) is 19.8 Å². The lowest BCUT2D eigenvalue weighted by Gasteiger charge is -2.20. The Morgan fingerprint density at radius 1 is 1.50 bits per heavy atom. The average molecular weight is 300 g/mol. The molecule has 0 saturated carbocycles. The van der Waals surface area contributed by atoms with Crippen molar-refractivity contribution in [2.24, 2.45) is 0 Å². The number of aromatic amines is 1. The number of hydrogen-bond acceptors (Lipinski definition) is 4. The van der Waals surface area contributed by atoms with Crippen LogP contribution in [-0.4, -0.2) is 41.5 Å². The summed E-state index contributed by atoms with van der Waals surface area (Å²) in [7, 11) is -3.49. The van der Waals surface area contributed by atoms with E-state index in [0.717, 1.165) is 24.1 Å². The van der Waals surface area contributed by atoms with Crippen LogP contribution in [-0.2, 0) is 16.6 Å². The van der Waals surface area contributed by atoms with Crippen molar-refractivity contribution >= 4 is 10.0 Å². The molecule has 2 rings (SSSR count). The first-order valence-electron chi connectivity index (χ1n) is 7.13. The highest BCUT2D eigenvalue weighted by atomic mass is 32.2. The minimum absolute atomic E-state index is 0.0583. The fourth-order valence-electron chi connectivity index (χ4n) is 2.53. The zero-order valence-corrected chi connectivity index (χ0v) is 13.4. The van der Waals surface area contributed by atoms with Gasteiger partial charge in [0.2, 0.25) is 0 Å². The number of rotatable bonds is 5. The molecule has 114 valence electrons. The highest BCUT2D eigenvalue weighted by molar-refractivity contribution is 7.89. The van der Waals surface area contributed by atoms with Crippen LogP contribution in [0.25, 0.3) is 0 Å². The zero-order valence-electron chi connectivity index (χ0n) is 12.6. The minimum atomic E-state index is -3.49. The molecule has 1 saturated heterocycles. The number of nitrogens with zero attached hydrogens (tertiary/aromatic N) is 2. The molecule has 0 spiro atoms. The van der Waals surface area contributed by atoms with E-state index in [2.05, 4.69) is 15.5 Å². The summed E-state index contributed by atoms with van der Waals surface area (Å²) in [5.41, 5.74) is 1.56. The van der Waals surface area contributed by atoms with Crippen molar-refractivity contribution in [2.75, 3.05) is 6.54 Å². The van der Waals surface area contributed by atoms with Gasteiger partial charge in [-0.2, -0.15) is 9.40 Å². The summed E-state index contributed by atoms with van der Waals surface area (Å²) < 4.78 is 27.0. The van der Waals surface area contributed by atoms with Gasteiger partial charge in [-0.05, 0) is 26.7 Å². The van der Waals surface area contributed by atoms with Crippen molar-refractivity contribution in [3.8, 4) is 0 Å². The predicted molar refractivity (Wildman–Crippen MR) is 77.9 cm³/mol. The average Bonchev–Trinajstić information content (AvgIpc) is 2.93. The normalized spacial score (nSPS) is 20.9. The molecule has 6 nitrogen and oxygen atoms in total. The fraction of sp³-hybridized carbons (Fsp3) is 0.769. The third-order valence-corrected chi connectivity index (χ3v) is 5.75. The summed E-state index contributed by atoms with van der Waals surface area (Å²) >= 11 is 0. The first-order chi connectivity index (χ1) is 9.34. The molecule has 1 atom stereocenters. The van der Waals surface area contributed by atoms with Crippen LogP contribution in [0, 0.1) is 6.92 Å². The van der Waals surface area contributed by atoms with Crippen LogP contribution in [0.15, 0.2) is 5.03 Å². The number of aromatic nitrogens is 2. The molecule has 0 aliphatic carbocycles. The second-order valence-electron chi connectivity index (χ2n) is 5.77. The molecular weight excluding hydrogens is 276 g/mol. The van der Waals surface area contributed by atoms with E-state index in [1.807, 2.05) is 27.7 Å². The molecule has 2 N–H and O–H groups in total. The predicted octanol–water partition coefficient (Wildman–Crippen LogP) is 1.39. The molecule has 2 heterocycles. The van der Waals surface area contributed by atoms with Crippen LogP contribution in [0.5, 0.6) is 0 Å². The van der Waals surface area contributed by atoms with E-state index in [4.69, 9.17) is 0 Å². The fourth-order valence-corrected chi connectivity index (χ4v) is 4.40. The number of nitrogens with one attached hydrogen (secondary N) is 2. The number of H-pyrrole nitrogens is 1. The Morgan fingerprint density at radius 3 is 2.75 bits per heavy atom. The van der Waals surface area contributed by atoms with Crippen molar-refractivity contribution in [1.29, 1.82) is 0 Å². The Morgan fingerprint density at radius 2 is 2.20 bits per heavy atom. The molecule has 1 aliphatic heterocycles. The Kier molecular flexibility index (Phi) is 4.51. The first kappa shape index (κ1) is 15.5. The number of sulfonamides is 1. The van der Waals surface area contributed by atoms with Gasteiger partial charge in [-0.1, -0.05) is 13.8 Å². The van der Waals surface area contributed by atoms with Gasteiger partial charge < -0.3 is 5.32 Å². The van der Waals surface area contributed by atoms with Crippen LogP contribution >= 0.6 is 0 Å². The molecule has 1 aliphatic rings. The standard InChI is InChI=1S/C13H24N4O2S/c1-9(2)14-8-12-11(4)15-16-13(12)20(18,19)17-7-5-6-10(17)3/h9-10,14H,5-8H2,1-4H3,(H,15,16). The summed E-state index contributed by atoms with van der Waals surface area (Å²) in [6.45, 7) is 8.98. The SMILES string of the molecule is Cc1[nH]nc(S(=O)(=O)N2CCCC2C)c1CNC(C)C. The van der Waals surface area contributed by atoms with E-state index < -0.39 is 10.0 Å². The first-order valence-corrected chi connectivity index (χ1v) is 8.57. The number of hydrogen-bond donors (Lipinski definition) is 2. The highest BCUT2D eigenvalue weighted by Crippen LogP contribution is 2.27. The number of aryl methyl sites for hydroxylation is 1. The van der Waals surface area contributed by atoms with E-state index in [1.165, 1.54) is 0 Å². The van der Waals surface area contributed by atoms with Crippen LogP contribution in [0.3, 0.4) is 0 Å². The molecule has 1 fully saturated rings. The maximum absolute atomic E-state index is 12.7. The summed E-state index contributed by atoms with van der Waals surface area (Å²) in [6.07, 6.45) is 1.84. The molecule has 0 bridgehead atoms. The lowest BCUT2D eigenvalue weighted by Crippen LogP contribution is -2.35. The van der Waals surface area contributed by atoms with Gasteiger partial charge in [-0.15, -0.1) is 0 Å². The Balaban J connectivity index is 2.32. The Hall–Kier alpha value is -0.920. The second kappa shape index (κ2) is 5.83. The molecule has 7 heteroatoms. The van der Waals surface area contributed by atoms with Gasteiger partial charge in [-0.25, -0.2) is 8.42 Å². The quantitative estimate of drug-likeness (QED) is 0.861. The van der Waals surface area contributed by atoms with Crippen LogP contribution in [0.2, 0.25) is 0 Å². The van der Waals surface area contributed by atoms with Crippen molar-refractivity contribution in [2.45, 2.75) is 64.2 Å². The summed E-state index contributed by atoms with van der Waals surface area (Å²) in [5.74, 6) is 0. The molecule has 0 amide bonds. The van der Waals surface area contributed by atoms with Crippen molar-refractivity contribution in [3.05, 3.63) is 11.3 Å². The van der Waals surface area contributed by atoms with Crippen LogP contribution in [0.4, 0.5) is 0 Å². The Labute approximate surface area is 121 Å². The Bertz CT molecular complexity index is 565. The van der Waals surface area contributed by atoms with Gasteiger partial charge in [0, 0.05) is 36.4 Å². The summed E-state index contributed by atoms with van der Waals surface area (Å²) in [5, 5.41) is 10.3.